The first kappa shape index (κ1) is 21.6. The largest absolute Gasteiger partial charge is 0.395 e. The molecule has 1 atom stereocenters. The van der Waals surface area contributed by atoms with E-state index < -0.39 is 10.5 Å². The minimum atomic E-state index is -3.61. The molecule has 33 heavy (non-hydrogen) atoms. The van der Waals surface area contributed by atoms with E-state index >= 15 is 0 Å². The average molecular weight is 480 g/mol. The molecule has 1 N–H and O–H groups in total. The van der Waals surface area contributed by atoms with Crippen molar-refractivity contribution >= 4 is 43.0 Å². The molecule has 0 fully saturated rings. The number of benzene rings is 3. The molecule has 0 aliphatic rings. The van der Waals surface area contributed by atoms with Crippen molar-refractivity contribution in [1.82, 2.24) is 9.13 Å². The second-order valence-corrected chi connectivity index (χ2v) is 10.6. The molecule has 2 heterocycles. The van der Waals surface area contributed by atoms with Crippen molar-refractivity contribution in [2.24, 2.45) is 0 Å². The summed E-state index contributed by atoms with van der Waals surface area (Å²) < 4.78 is 32.8. The molecule has 0 amide bonds. The first-order valence-corrected chi connectivity index (χ1v) is 13.0. The van der Waals surface area contributed by atoms with Crippen LogP contribution in [0.1, 0.15) is 11.1 Å². The molecule has 0 aliphatic carbocycles. The lowest BCUT2D eigenvalue weighted by Gasteiger charge is -2.06. The van der Waals surface area contributed by atoms with Crippen molar-refractivity contribution in [2.45, 2.75) is 20.0 Å². The van der Waals surface area contributed by atoms with Crippen LogP contribution in [0.5, 0.6) is 5.75 Å². The zero-order valence-electron chi connectivity index (χ0n) is 18.0. The van der Waals surface area contributed by atoms with Crippen molar-refractivity contribution in [3.8, 4) is 5.75 Å². The van der Waals surface area contributed by atoms with Crippen molar-refractivity contribution in [3.05, 3.63) is 99.8 Å². The van der Waals surface area contributed by atoms with Gasteiger partial charge in [0.15, 0.2) is 5.75 Å². The Labute approximate surface area is 196 Å². The fraction of sp³-hybridized carbons (Fsp3) is 0.160. The standard InChI is InChI=1S/C25H22N2O4S2/c1-18-8-7-13-23-24(18)19(17-32-23)16-27-22-12-6-5-11-21(22)26(25(27)28)14-15-33(29,30)31-20-9-3-2-4-10-20/h2-13,17H,14-16H2,1H3/p+1. The van der Waals surface area contributed by atoms with Crippen molar-refractivity contribution < 1.29 is 12.9 Å². The van der Waals surface area contributed by atoms with Gasteiger partial charge in [0, 0.05) is 10.1 Å². The van der Waals surface area contributed by atoms with Crippen LogP contribution < -0.4 is 9.87 Å². The summed E-state index contributed by atoms with van der Waals surface area (Å²) in [6.45, 7) is 2.58. The number of thiophene rings is 1. The summed E-state index contributed by atoms with van der Waals surface area (Å²) in [5, 5.41) is 3.28. The van der Waals surface area contributed by atoms with Crippen molar-refractivity contribution in [3.63, 3.8) is 0 Å². The highest BCUT2D eigenvalue weighted by Crippen LogP contribution is 2.30. The van der Waals surface area contributed by atoms with Gasteiger partial charge in [0.05, 0.1) is 24.1 Å². The minimum absolute atomic E-state index is 0.0674. The number of fused-ring (bicyclic) bond motifs is 2. The third kappa shape index (κ3) is 4.25. The monoisotopic (exact) mass is 479 g/mol. The molecule has 8 heteroatoms. The predicted molar refractivity (Wildman–Crippen MR) is 134 cm³/mol. The Kier molecular flexibility index (Phi) is 5.65. The number of hydrogen-bond donors (Lipinski definition) is 1. The summed E-state index contributed by atoms with van der Waals surface area (Å²) in [5.41, 5.74) is 3.59. The SMILES string of the molecule is Cc1cccc2scc(Cn3c(=O)n(CC[S+](=O)(O)Oc4ccccc4)c4ccccc43)c12. The molecule has 168 valence electrons. The van der Waals surface area contributed by atoms with E-state index in [-0.39, 0.29) is 18.0 Å². The van der Waals surface area contributed by atoms with Crippen LogP contribution in [-0.4, -0.2) is 19.4 Å². The quantitative estimate of drug-likeness (QED) is 0.320. The molecular weight excluding hydrogens is 456 g/mol. The predicted octanol–water partition coefficient (Wildman–Crippen LogP) is 5.34. The molecule has 0 spiro atoms. The topological polar surface area (TPSA) is 73.5 Å². The van der Waals surface area contributed by atoms with Gasteiger partial charge in [0.25, 0.3) is 0 Å². The fourth-order valence-electron chi connectivity index (χ4n) is 4.15. The summed E-state index contributed by atoms with van der Waals surface area (Å²) >= 11 is 1.67. The Balaban J connectivity index is 1.48. The third-order valence-corrected chi connectivity index (χ3v) is 7.83. The molecule has 0 aliphatic heterocycles. The van der Waals surface area contributed by atoms with E-state index in [9.17, 15) is 13.6 Å². The van der Waals surface area contributed by atoms with E-state index in [1.807, 2.05) is 30.3 Å². The molecule has 2 aromatic heterocycles. The van der Waals surface area contributed by atoms with E-state index in [2.05, 4.69) is 24.4 Å². The highest BCUT2D eigenvalue weighted by Gasteiger charge is 2.29. The zero-order chi connectivity index (χ0) is 23.0. The first-order valence-electron chi connectivity index (χ1n) is 10.6. The molecule has 0 saturated heterocycles. The lowest BCUT2D eigenvalue weighted by molar-refractivity contribution is 0.401. The Morgan fingerprint density at radius 2 is 1.64 bits per heavy atom. The Morgan fingerprint density at radius 3 is 2.39 bits per heavy atom. The van der Waals surface area contributed by atoms with Crippen molar-refractivity contribution in [2.75, 3.05) is 5.75 Å². The van der Waals surface area contributed by atoms with Crippen LogP contribution in [0.3, 0.4) is 0 Å². The number of para-hydroxylation sites is 3. The molecule has 1 unspecified atom stereocenters. The zero-order valence-corrected chi connectivity index (χ0v) is 19.6. The summed E-state index contributed by atoms with van der Waals surface area (Å²) in [6, 6.07) is 22.3. The molecule has 0 radical (unpaired) electrons. The van der Waals surface area contributed by atoms with Gasteiger partial charge in [0.1, 0.15) is 0 Å². The van der Waals surface area contributed by atoms with E-state index in [0.717, 1.165) is 16.6 Å². The molecule has 3 aromatic carbocycles. The van der Waals surface area contributed by atoms with E-state index in [1.165, 1.54) is 15.6 Å². The molecule has 6 nitrogen and oxygen atoms in total. The first-order chi connectivity index (χ1) is 15.9. The van der Waals surface area contributed by atoms with Crippen LogP contribution in [0.2, 0.25) is 0 Å². The molecule has 5 aromatic rings. The fourth-order valence-corrected chi connectivity index (χ4v) is 6.08. The van der Waals surface area contributed by atoms with Gasteiger partial charge in [-0.1, -0.05) is 42.5 Å². The molecule has 0 bridgehead atoms. The van der Waals surface area contributed by atoms with Gasteiger partial charge < -0.3 is 0 Å². The number of rotatable bonds is 7. The van der Waals surface area contributed by atoms with E-state index in [4.69, 9.17) is 4.18 Å². The van der Waals surface area contributed by atoms with Crippen LogP contribution in [0, 0.1) is 6.92 Å². The summed E-state index contributed by atoms with van der Waals surface area (Å²) in [5.74, 6) is 0.121. The van der Waals surface area contributed by atoms with Crippen molar-refractivity contribution in [1.29, 1.82) is 0 Å². The van der Waals surface area contributed by atoms with Gasteiger partial charge in [-0.05, 0) is 58.0 Å². The smallest absolute Gasteiger partial charge is 0.287 e. The van der Waals surface area contributed by atoms with Crippen LogP contribution in [-0.2, 0) is 27.8 Å². The maximum Gasteiger partial charge on any atom is 0.395 e. The number of hydrogen-bond acceptors (Lipinski definition) is 4. The lowest BCUT2D eigenvalue weighted by Crippen LogP contribution is -2.30. The summed E-state index contributed by atoms with van der Waals surface area (Å²) in [7, 11) is -3.61. The van der Waals surface area contributed by atoms with Crippen LogP contribution in [0.25, 0.3) is 21.1 Å². The van der Waals surface area contributed by atoms with E-state index in [0.29, 0.717) is 12.3 Å². The van der Waals surface area contributed by atoms with Crippen LogP contribution in [0.4, 0.5) is 0 Å². The average Bonchev–Trinajstić information content (AvgIpc) is 3.33. The lowest BCUT2D eigenvalue weighted by atomic mass is 10.1. The normalized spacial score (nSPS) is 13.4. The number of aromatic nitrogens is 2. The van der Waals surface area contributed by atoms with Gasteiger partial charge in [-0.15, -0.1) is 15.9 Å². The Bertz CT molecular complexity index is 1550. The number of aryl methyl sites for hydroxylation is 2. The third-order valence-electron chi connectivity index (χ3n) is 5.68. The maximum absolute atomic E-state index is 13.4. The van der Waals surface area contributed by atoms with Gasteiger partial charge in [-0.3, -0.25) is 13.3 Å². The number of imidazole rings is 1. The molecule has 5 rings (SSSR count). The summed E-state index contributed by atoms with van der Waals surface area (Å²) in [4.78, 5) is 13.4. The van der Waals surface area contributed by atoms with Gasteiger partial charge in [-0.2, -0.15) is 0 Å². The van der Waals surface area contributed by atoms with Gasteiger partial charge in [-0.25, -0.2) is 4.79 Å². The second-order valence-electron chi connectivity index (χ2n) is 7.90. The Hall–Kier alpha value is -3.20. The Morgan fingerprint density at radius 1 is 0.939 bits per heavy atom. The van der Waals surface area contributed by atoms with E-state index in [1.54, 1.807) is 50.8 Å². The highest BCUT2D eigenvalue weighted by atomic mass is 32.3. The molecular formula is C25H23N2O4S2+. The highest BCUT2D eigenvalue weighted by molar-refractivity contribution is 7.93. The number of nitrogens with zero attached hydrogens (tertiary/aromatic N) is 2. The minimum Gasteiger partial charge on any atom is -0.287 e. The van der Waals surface area contributed by atoms with Crippen LogP contribution in [0.15, 0.2) is 83.0 Å². The summed E-state index contributed by atoms with van der Waals surface area (Å²) in [6.07, 6.45) is 0. The van der Waals surface area contributed by atoms with Gasteiger partial charge in [0.2, 0.25) is 5.75 Å². The van der Waals surface area contributed by atoms with Crippen LogP contribution >= 0.6 is 11.3 Å². The second kappa shape index (κ2) is 8.62. The van der Waals surface area contributed by atoms with Gasteiger partial charge >= 0.3 is 16.2 Å². The molecule has 0 saturated carbocycles. The maximum atomic E-state index is 13.4.